The second kappa shape index (κ2) is 7.59. The minimum Gasteiger partial charge on any atom is -0.370 e. The Morgan fingerprint density at radius 2 is 2.00 bits per heavy atom. The second-order valence-electron chi connectivity index (χ2n) is 4.12. The van der Waals surface area contributed by atoms with Crippen LogP contribution in [-0.4, -0.2) is 26.6 Å². The number of nitrogens with one attached hydrogen (secondary N) is 2. The largest absolute Gasteiger partial charge is 0.370 e. The number of nitrogens with two attached hydrogens (primary N) is 1. The topological polar surface area (TPSA) is 101 Å². The van der Waals surface area contributed by atoms with Gasteiger partial charge in [0.1, 0.15) is 0 Å². The van der Waals surface area contributed by atoms with Gasteiger partial charge in [-0.25, -0.2) is 13.8 Å². The van der Waals surface area contributed by atoms with E-state index in [9.17, 15) is 13.2 Å². The van der Waals surface area contributed by atoms with E-state index in [4.69, 9.17) is 5.73 Å². The Balaban J connectivity index is 0.000000293. The van der Waals surface area contributed by atoms with Crippen molar-refractivity contribution in [1.29, 1.82) is 0 Å². The number of amides is 1. The molecule has 1 aliphatic heterocycles. The molecule has 1 saturated heterocycles. The zero-order valence-electron chi connectivity index (χ0n) is 9.82. The molecule has 0 atom stereocenters. The fourth-order valence-corrected chi connectivity index (χ4v) is 2.13. The predicted octanol–water partition coefficient (Wildman–Crippen LogP) is -0.278. The highest BCUT2D eigenvalue weighted by atomic mass is 32.2. The van der Waals surface area contributed by atoms with Crippen molar-refractivity contribution >= 4 is 15.9 Å². The summed E-state index contributed by atoms with van der Waals surface area (Å²) in [6, 6.07) is 0. The van der Waals surface area contributed by atoms with Gasteiger partial charge in [-0.2, -0.15) is 4.83 Å². The molecule has 0 radical (unpaired) electrons. The second-order valence-corrected chi connectivity index (χ2v) is 5.96. The van der Waals surface area contributed by atoms with Gasteiger partial charge in [0, 0.05) is 13.0 Å². The SMILES string of the molecule is CC(C)CC(N)=O.O=S1(=O)CCCCNN1. The molecule has 0 unspecified atom stereocenters. The standard InChI is InChI=1S/C5H11NO.C4H10N2O2S/c1-4(2)3-5(6)7;7-9(8)4-2-1-3-5-6-9/h4H,3H2,1-2H3,(H2,6,7);5-6H,1-4H2. The van der Waals surface area contributed by atoms with Crippen molar-refractivity contribution in [3.8, 4) is 0 Å². The van der Waals surface area contributed by atoms with Crippen LogP contribution in [0, 0.1) is 5.92 Å². The maximum absolute atomic E-state index is 10.7. The lowest BCUT2D eigenvalue weighted by atomic mass is 10.1. The fraction of sp³-hybridized carbons (Fsp3) is 0.889. The molecule has 96 valence electrons. The molecule has 1 rings (SSSR count). The fourth-order valence-electron chi connectivity index (χ4n) is 1.12. The summed E-state index contributed by atoms with van der Waals surface area (Å²) in [4.78, 5) is 12.3. The molecule has 0 aromatic carbocycles. The lowest BCUT2D eigenvalue weighted by Gasteiger charge is -1.98. The molecular formula is C9H21N3O3S. The number of carbonyl (C=O) groups excluding carboxylic acids is 1. The van der Waals surface area contributed by atoms with Crippen molar-refractivity contribution in [3.05, 3.63) is 0 Å². The molecule has 0 aromatic rings. The minimum absolute atomic E-state index is 0.213. The molecule has 7 heteroatoms. The zero-order valence-corrected chi connectivity index (χ0v) is 10.6. The summed E-state index contributed by atoms with van der Waals surface area (Å²) in [5.41, 5.74) is 7.45. The Morgan fingerprint density at radius 1 is 1.38 bits per heavy atom. The Morgan fingerprint density at radius 3 is 2.44 bits per heavy atom. The van der Waals surface area contributed by atoms with Crippen molar-refractivity contribution in [2.24, 2.45) is 11.7 Å². The zero-order chi connectivity index (χ0) is 12.6. The lowest BCUT2D eigenvalue weighted by molar-refractivity contribution is -0.118. The third kappa shape index (κ3) is 9.88. The van der Waals surface area contributed by atoms with Gasteiger partial charge >= 0.3 is 0 Å². The van der Waals surface area contributed by atoms with E-state index in [1.54, 1.807) is 0 Å². The first-order valence-electron chi connectivity index (χ1n) is 5.34. The number of hydrogen-bond donors (Lipinski definition) is 3. The molecule has 1 aliphatic rings. The van der Waals surface area contributed by atoms with E-state index in [0.717, 1.165) is 19.4 Å². The molecule has 4 N–H and O–H groups in total. The summed E-state index contributed by atoms with van der Waals surface area (Å²) in [6.07, 6.45) is 2.18. The minimum atomic E-state index is -2.98. The number of primary amides is 1. The van der Waals surface area contributed by atoms with Crippen molar-refractivity contribution in [3.63, 3.8) is 0 Å². The van der Waals surface area contributed by atoms with Gasteiger partial charge in [-0.05, 0) is 18.8 Å². The molecule has 1 amide bonds. The first-order valence-corrected chi connectivity index (χ1v) is 6.99. The van der Waals surface area contributed by atoms with Gasteiger partial charge in [-0.3, -0.25) is 4.79 Å². The van der Waals surface area contributed by atoms with E-state index in [0.29, 0.717) is 12.3 Å². The number of hydrogen-bond acceptors (Lipinski definition) is 4. The molecule has 1 heterocycles. The van der Waals surface area contributed by atoms with Crippen LogP contribution in [-0.2, 0) is 14.8 Å². The predicted molar refractivity (Wildman–Crippen MR) is 62.8 cm³/mol. The maximum atomic E-state index is 10.7. The van der Waals surface area contributed by atoms with Gasteiger partial charge < -0.3 is 5.73 Å². The molecular weight excluding hydrogens is 230 g/mol. The van der Waals surface area contributed by atoms with Gasteiger partial charge in [-0.1, -0.05) is 13.8 Å². The molecule has 0 aromatic heterocycles. The summed E-state index contributed by atoms with van der Waals surface area (Å²) in [6.45, 7) is 4.66. The highest BCUT2D eigenvalue weighted by Crippen LogP contribution is 1.96. The van der Waals surface area contributed by atoms with Gasteiger partial charge in [-0.15, -0.1) is 0 Å². The van der Waals surface area contributed by atoms with E-state index >= 15 is 0 Å². The summed E-state index contributed by atoms with van der Waals surface area (Å²) in [5, 5.41) is 0. The Kier molecular flexibility index (Phi) is 7.27. The van der Waals surface area contributed by atoms with E-state index < -0.39 is 10.0 Å². The average molecular weight is 251 g/mol. The average Bonchev–Trinajstić information content (AvgIpc) is 2.27. The Labute approximate surface area is 97.0 Å². The lowest BCUT2D eigenvalue weighted by Crippen LogP contribution is -2.36. The summed E-state index contributed by atoms with van der Waals surface area (Å²) >= 11 is 0. The molecule has 0 aliphatic carbocycles. The number of carbonyl (C=O) groups is 1. The van der Waals surface area contributed by atoms with Gasteiger partial charge in [0.2, 0.25) is 15.9 Å². The molecule has 1 fully saturated rings. The Hall–Kier alpha value is -0.660. The highest BCUT2D eigenvalue weighted by molar-refractivity contribution is 7.89. The number of hydrazine groups is 1. The van der Waals surface area contributed by atoms with E-state index in [1.165, 1.54) is 0 Å². The molecule has 16 heavy (non-hydrogen) atoms. The first-order chi connectivity index (χ1) is 7.33. The van der Waals surface area contributed by atoms with E-state index in [-0.39, 0.29) is 11.7 Å². The van der Waals surface area contributed by atoms with Crippen LogP contribution in [0.15, 0.2) is 0 Å². The number of sulfonamides is 1. The molecule has 6 nitrogen and oxygen atoms in total. The quantitative estimate of drug-likeness (QED) is 0.628. The van der Waals surface area contributed by atoms with Crippen LogP contribution in [0.5, 0.6) is 0 Å². The van der Waals surface area contributed by atoms with Crippen molar-refractivity contribution in [1.82, 2.24) is 10.3 Å². The van der Waals surface area contributed by atoms with Gasteiger partial charge in [0.05, 0.1) is 5.75 Å². The van der Waals surface area contributed by atoms with Crippen molar-refractivity contribution in [2.75, 3.05) is 12.3 Å². The highest BCUT2D eigenvalue weighted by Gasteiger charge is 2.11. The summed E-state index contributed by atoms with van der Waals surface area (Å²) in [7, 11) is -2.98. The first kappa shape index (κ1) is 15.3. The van der Waals surface area contributed by atoms with Crippen LogP contribution in [0.3, 0.4) is 0 Å². The van der Waals surface area contributed by atoms with Crippen LogP contribution in [0.1, 0.15) is 33.1 Å². The van der Waals surface area contributed by atoms with Crippen LogP contribution < -0.4 is 16.0 Å². The Bertz CT molecular complexity index is 287. The maximum Gasteiger partial charge on any atom is 0.224 e. The third-order valence-corrected chi connectivity index (χ3v) is 3.08. The normalized spacial score (nSPS) is 19.4. The summed E-state index contributed by atoms with van der Waals surface area (Å²) < 4.78 is 21.4. The smallest absolute Gasteiger partial charge is 0.224 e. The van der Waals surface area contributed by atoms with Gasteiger partial charge in [0.15, 0.2) is 0 Å². The monoisotopic (exact) mass is 251 g/mol. The molecule has 0 bridgehead atoms. The van der Waals surface area contributed by atoms with Gasteiger partial charge in [0.25, 0.3) is 0 Å². The van der Waals surface area contributed by atoms with E-state index in [2.05, 4.69) is 10.3 Å². The summed E-state index contributed by atoms with van der Waals surface area (Å²) in [5.74, 6) is 0.438. The molecule has 0 spiro atoms. The van der Waals surface area contributed by atoms with Crippen molar-refractivity contribution in [2.45, 2.75) is 33.1 Å². The van der Waals surface area contributed by atoms with Crippen LogP contribution in [0.2, 0.25) is 0 Å². The van der Waals surface area contributed by atoms with Crippen LogP contribution in [0.4, 0.5) is 0 Å². The third-order valence-electron chi connectivity index (χ3n) is 1.80. The number of rotatable bonds is 2. The van der Waals surface area contributed by atoms with Crippen molar-refractivity contribution < 1.29 is 13.2 Å². The molecule has 0 saturated carbocycles. The van der Waals surface area contributed by atoms with Crippen LogP contribution in [0.25, 0.3) is 0 Å². The van der Waals surface area contributed by atoms with Crippen LogP contribution >= 0.6 is 0 Å². The van der Waals surface area contributed by atoms with E-state index in [1.807, 2.05) is 13.8 Å².